The third kappa shape index (κ3) is 8.07. The number of hydrogen-bond donors (Lipinski definition) is 0. The van der Waals surface area contributed by atoms with Crippen molar-refractivity contribution in [1.82, 2.24) is 0 Å². The molecule has 0 aromatic heterocycles. The Bertz CT molecular complexity index is 469. The number of carbonyl (C=O) groups excluding carboxylic acids is 1. The minimum atomic E-state index is -0.165. The van der Waals surface area contributed by atoms with Crippen LogP contribution in [0, 0.1) is 10.8 Å². The second-order valence-electron chi connectivity index (χ2n) is 8.49. The van der Waals surface area contributed by atoms with Gasteiger partial charge < -0.3 is 4.74 Å². The molecule has 1 aliphatic rings. The Morgan fingerprint density at radius 2 is 1.36 bits per heavy atom. The van der Waals surface area contributed by atoms with Crippen LogP contribution < -0.4 is 0 Å². The first kappa shape index (κ1) is 23.7. The maximum Gasteiger partial charge on any atom is 0.186 e. The predicted octanol–water partition coefficient (Wildman–Crippen LogP) is 7.02. The third-order valence-corrected chi connectivity index (χ3v) is 4.06. The number of allylic oxidation sites excluding steroid dienone is 5. The zero-order chi connectivity index (χ0) is 19.7. The topological polar surface area (TPSA) is 26.3 Å². The van der Waals surface area contributed by atoms with Gasteiger partial charge >= 0.3 is 0 Å². The molecule has 2 nitrogen and oxygen atoms in total. The first-order valence-electron chi connectivity index (χ1n) is 9.88. The van der Waals surface area contributed by atoms with Crippen molar-refractivity contribution >= 4 is 5.78 Å². The molecule has 0 heterocycles. The van der Waals surface area contributed by atoms with E-state index < -0.39 is 0 Å². The molecule has 0 spiro atoms. The lowest BCUT2D eigenvalue weighted by Crippen LogP contribution is -2.27. The van der Waals surface area contributed by atoms with Crippen LogP contribution in [0.2, 0.25) is 0 Å². The van der Waals surface area contributed by atoms with Crippen molar-refractivity contribution < 1.29 is 9.53 Å². The van der Waals surface area contributed by atoms with Gasteiger partial charge in [0.1, 0.15) is 0 Å². The lowest BCUT2D eigenvalue weighted by molar-refractivity contribution is -0.114. The molecule has 0 aliphatic heterocycles. The summed E-state index contributed by atoms with van der Waals surface area (Å²) in [5, 5.41) is 0. The monoisotopic (exact) mass is 348 g/mol. The highest BCUT2D eigenvalue weighted by molar-refractivity contribution is 6.11. The Balaban J connectivity index is 0.00000277. The summed E-state index contributed by atoms with van der Waals surface area (Å²) in [6.45, 7) is 19.5. The number of ether oxygens (including phenoxy) is 1. The lowest BCUT2D eigenvalue weighted by Gasteiger charge is -2.31. The highest BCUT2D eigenvalue weighted by Crippen LogP contribution is 2.38. The molecule has 0 unspecified atom stereocenters. The molecule has 0 amide bonds. The molecule has 0 atom stereocenters. The van der Waals surface area contributed by atoms with Gasteiger partial charge in [-0.15, -0.1) is 0 Å². The van der Waals surface area contributed by atoms with Gasteiger partial charge in [0.25, 0.3) is 0 Å². The Morgan fingerprint density at radius 3 is 1.76 bits per heavy atom. The molecular weight excluding hydrogens is 308 g/mol. The van der Waals surface area contributed by atoms with E-state index in [1.807, 2.05) is 32.3 Å². The second kappa shape index (κ2) is 10.6. The Morgan fingerprint density at radius 1 is 0.880 bits per heavy atom. The zero-order valence-corrected chi connectivity index (χ0v) is 18.1. The van der Waals surface area contributed by atoms with E-state index in [0.29, 0.717) is 0 Å². The van der Waals surface area contributed by atoms with Crippen LogP contribution in [-0.2, 0) is 9.53 Å². The largest absolute Gasteiger partial charge is 0.501 e. The van der Waals surface area contributed by atoms with Gasteiger partial charge in [0.05, 0.1) is 12.9 Å². The van der Waals surface area contributed by atoms with Crippen molar-refractivity contribution in [3.8, 4) is 0 Å². The maximum absolute atomic E-state index is 12.8. The number of Topliss-reactive ketones (excluding diaryl/α,β-unsaturated/α-hetero) is 1. The van der Waals surface area contributed by atoms with E-state index in [0.717, 1.165) is 29.7 Å². The van der Waals surface area contributed by atoms with Crippen LogP contribution in [0.4, 0.5) is 0 Å². The lowest BCUT2D eigenvalue weighted by atomic mass is 9.72. The van der Waals surface area contributed by atoms with E-state index in [-0.39, 0.29) is 16.6 Å². The van der Waals surface area contributed by atoms with Gasteiger partial charge in [-0.25, -0.2) is 0 Å². The molecule has 0 N–H and O–H groups in total. The number of rotatable bonds is 6. The van der Waals surface area contributed by atoms with E-state index in [2.05, 4.69) is 48.5 Å². The summed E-state index contributed by atoms with van der Waals surface area (Å²) in [5.41, 5.74) is 2.40. The zero-order valence-electron chi connectivity index (χ0n) is 18.1. The highest BCUT2D eigenvalue weighted by atomic mass is 16.5. The number of hydrogen-bond acceptors (Lipinski definition) is 2. The van der Waals surface area contributed by atoms with Crippen LogP contribution in [0.3, 0.4) is 0 Å². The van der Waals surface area contributed by atoms with Gasteiger partial charge in [0.2, 0.25) is 0 Å². The van der Waals surface area contributed by atoms with Gasteiger partial charge in [0.15, 0.2) is 5.78 Å². The van der Waals surface area contributed by atoms with Crippen molar-refractivity contribution in [2.45, 2.75) is 88.0 Å². The highest BCUT2D eigenvalue weighted by Gasteiger charge is 2.33. The normalized spacial score (nSPS) is 15.1. The molecule has 0 saturated carbocycles. The number of unbranched alkanes of at least 4 members (excludes halogenated alkanes) is 3. The van der Waals surface area contributed by atoms with Crippen molar-refractivity contribution in [3.05, 3.63) is 35.1 Å². The average Bonchev–Trinajstić information content (AvgIpc) is 2.51. The molecule has 0 aromatic rings. The number of ketones is 1. The fourth-order valence-corrected chi connectivity index (χ4v) is 2.60. The third-order valence-electron chi connectivity index (χ3n) is 4.06. The van der Waals surface area contributed by atoms with Gasteiger partial charge in [-0.3, -0.25) is 4.79 Å². The summed E-state index contributed by atoms with van der Waals surface area (Å²) < 4.78 is 5.71. The van der Waals surface area contributed by atoms with Gasteiger partial charge in [-0.1, -0.05) is 81.6 Å². The van der Waals surface area contributed by atoms with Gasteiger partial charge in [-0.05, 0) is 29.4 Å². The molecule has 25 heavy (non-hydrogen) atoms. The van der Waals surface area contributed by atoms with Crippen LogP contribution in [0.5, 0.6) is 0 Å². The van der Waals surface area contributed by atoms with Crippen LogP contribution in [0.25, 0.3) is 0 Å². The Labute approximate surface area is 156 Å². The Hall–Kier alpha value is -1.31. The van der Waals surface area contributed by atoms with Crippen LogP contribution in [0.1, 0.15) is 88.0 Å². The minimum Gasteiger partial charge on any atom is -0.501 e. The molecule has 0 saturated heterocycles. The standard InChI is InChI=1S/C21H34O2.C2H6/c1-8-9-10-11-12-23-15-16-13-17(20(2,3)4)19(22)18(14-16)21(5,6)7;1-2/h13-15H,8-12H2,1-7H3;1-2H3. The maximum atomic E-state index is 12.8. The molecule has 0 aromatic carbocycles. The van der Waals surface area contributed by atoms with Crippen molar-refractivity contribution in [2.24, 2.45) is 10.8 Å². The first-order valence-corrected chi connectivity index (χ1v) is 9.88. The van der Waals surface area contributed by atoms with Gasteiger partial charge in [0, 0.05) is 16.7 Å². The fraction of sp³-hybridized carbons (Fsp3) is 0.696. The number of carbonyl (C=O) groups is 1. The molecule has 144 valence electrons. The SMILES string of the molecule is CC.CCCCCCOC=C1C=C(C(C)(C)C)C(=O)C(C(C)(C)C)=C1. The predicted molar refractivity (Wildman–Crippen MR) is 110 cm³/mol. The van der Waals surface area contributed by atoms with Crippen LogP contribution in [0.15, 0.2) is 35.1 Å². The summed E-state index contributed by atoms with van der Waals surface area (Å²) in [4.78, 5) is 12.8. The van der Waals surface area contributed by atoms with E-state index in [1.54, 1.807) is 0 Å². The van der Waals surface area contributed by atoms with E-state index in [9.17, 15) is 4.79 Å². The second-order valence-corrected chi connectivity index (χ2v) is 8.49. The van der Waals surface area contributed by atoms with Crippen molar-refractivity contribution in [2.75, 3.05) is 6.61 Å². The smallest absolute Gasteiger partial charge is 0.186 e. The summed E-state index contributed by atoms with van der Waals surface area (Å²) in [5.74, 6) is 0.171. The van der Waals surface area contributed by atoms with Crippen LogP contribution >= 0.6 is 0 Å². The summed E-state index contributed by atoms with van der Waals surface area (Å²) in [7, 11) is 0. The quantitative estimate of drug-likeness (QED) is 0.381. The summed E-state index contributed by atoms with van der Waals surface area (Å²) in [6.07, 6.45) is 10.6. The average molecular weight is 349 g/mol. The summed E-state index contributed by atoms with van der Waals surface area (Å²) in [6, 6.07) is 0. The Kier molecular flexibility index (Phi) is 10.1. The molecule has 2 heteroatoms. The molecule has 1 aliphatic carbocycles. The minimum absolute atomic E-state index is 0.165. The summed E-state index contributed by atoms with van der Waals surface area (Å²) >= 11 is 0. The fourth-order valence-electron chi connectivity index (χ4n) is 2.60. The van der Waals surface area contributed by atoms with Crippen LogP contribution in [-0.4, -0.2) is 12.4 Å². The van der Waals surface area contributed by atoms with E-state index in [4.69, 9.17) is 4.74 Å². The van der Waals surface area contributed by atoms with Crippen molar-refractivity contribution in [1.29, 1.82) is 0 Å². The van der Waals surface area contributed by atoms with Crippen molar-refractivity contribution in [3.63, 3.8) is 0 Å². The van der Waals surface area contributed by atoms with E-state index in [1.165, 1.54) is 19.3 Å². The molecule has 0 bridgehead atoms. The van der Waals surface area contributed by atoms with E-state index >= 15 is 0 Å². The van der Waals surface area contributed by atoms with Gasteiger partial charge in [-0.2, -0.15) is 0 Å². The molecule has 0 fully saturated rings. The molecule has 0 radical (unpaired) electrons. The molecule has 1 rings (SSSR count). The molecular formula is C23H40O2. The first-order chi connectivity index (χ1) is 11.6.